The van der Waals surface area contributed by atoms with Gasteiger partial charge in [-0.3, -0.25) is 24.0 Å². The molecule has 0 saturated carbocycles. The van der Waals surface area contributed by atoms with Gasteiger partial charge in [-0.15, -0.1) is 0 Å². The van der Waals surface area contributed by atoms with Gasteiger partial charge in [0.1, 0.15) is 6.04 Å². The second-order valence-corrected chi connectivity index (χ2v) is 7.45. The van der Waals surface area contributed by atoms with Crippen molar-refractivity contribution in [2.45, 2.75) is 25.8 Å². The van der Waals surface area contributed by atoms with Crippen LogP contribution < -0.4 is 16.6 Å². The first kappa shape index (κ1) is 24.2. The Morgan fingerprint density at radius 1 is 1.17 bits per heavy atom. The second kappa shape index (κ2) is 9.02. The molecule has 0 fully saturated rings. The Kier molecular flexibility index (Phi) is 6.06. The van der Waals surface area contributed by atoms with Crippen LogP contribution in [0.2, 0.25) is 0 Å². The van der Waals surface area contributed by atoms with Crippen molar-refractivity contribution in [1.82, 2.24) is 38.6 Å². The summed E-state index contributed by atoms with van der Waals surface area (Å²) in [6.45, 7) is 7.96. The number of hydrogen-bond donors (Lipinski definition) is 1. The van der Waals surface area contributed by atoms with Crippen LogP contribution in [0.4, 0.5) is 19.0 Å². The molecule has 1 N–H and O–H groups in total. The van der Waals surface area contributed by atoms with Crippen molar-refractivity contribution in [1.29, 1.82) is 0 Å². The van der Waals surface area contributed by atoms with E-state index >= 15 is 0 Å². The number of aryl methyl sites for hydroxylation is 1. The lowest BCUT2D eigenvalue weighted by Crippen LogP contribution is -2.39. The summed E-state index contributed by atoms with van der Waals surface area (Å²) in [7, 11) is 1.39. The van der Waals surface area contributed by atoms with E-state index in [1.165, 1.54) is 37.3 Å². The molecule has 13 nitrogen and oxygen atoms in total. The fourth-order valence-corrected chi connectivity index (χ4v) is 3.31. The van der Waals surface area contributed by atoms with Crippen molar-refractivity contribution in [3.8, 4) is 11.3 Å². The van der Waals surface area contributed by atoms with E-state index in [1.54, 1.807) is 0 Å². The van der Waals surface area contributed by atoms with Gasteiger partial charge in [-0.25, -0.2) is 31.3 Å². The molecule has 4 rings (SSSR count). The molecular weight excluding hydrogens is 485 g/mol. The summed E-state index contributed by atoms with van der Waals surface area (Å²) in [5, 5.41) is 2.52. The number of carbonyl (C=O) groups excluding carboxylic acids is 1. The minimum atomic E-state index is -4.70. The number of fused-ring (bicyclic) bond motifs is 1. The number of imidazole rings is 1. The zero-order valence-corrected chi connectivity index (χ0v) is 18.6. The Balaban J connectivity index is 1.62. The number of amides is 1. The van der Waals surface area contributed by atoms with Gasteiger partial charge in [-0.05, 0) is 6.92 Å². The number of nitrogens with one attached hydrogen (secondary N) is 1. The maximum atomic E-state index is 12.9. The lowest BCUT2D eigenvalue weighted by atomic mass is 10.2. The van der Waals surface area contributed by atoms with Gasteiger partial charge in [-0.1, -0.05) is 0 Å². The summed E-state index contributed by atoms with van der Waals surface area (Å²) in [6, 6.07) is -1.01. The van der Waals surface area contributed by atoms with Gasteiger partial charge in [0.15, 0.2) is 17.0 Å². The van der Waals surface area contributed by atoms with Crippen LogP contribution in [0.5, 0.6) is 0 Å². The van der Waals surface area contributed by atoms with Crippen LogP contribution in [0.1, 0.15) is 18.8 Å². The average Bonchev–Trinajstić information content (AvgIpc) is 3.30. The molecule has 4 aromatic rings. The molecule has 0 bridgehead atoms. The number of nitrogens with zero attached hydrogens (tertiary/aromatic N) is 9. The highest BCUT2D eigenvalue weighted by Crippen LogP contribution is 2.26. The standard InChI is InChI=1S/C20H15F3N10O3/c1-10(32-9-28-15-14(32)17(35)33(8-24-2)19(36)31(15)3)16(34)30-13-7-25-6-12(29-13)11-4-26-18(27-5-11)20(21,22)23/h4-7,9-10H,8H2,1,3H3,(H,29,30,34)/t10-/m0/s1. The van der Waals surface area contributed by atoms with Gasteiger partial charge < -0.3 is 9.88 Å². The SMILES string of the molecule is [C-]#[N+]Cn1c(=O)c2c(ncn2[C@@H](C)C(=O)Nc2cncc(-c3cnc(C(F)(F)F)nc3)n2)n(C)c1=O. The molecule has 16 heteroatoms. The van der Waals surface area contributed by atoms with Gasteiger partial charge in [0.25, 0.3) is 12.2 Å². The maximum Gasteiger partial charge on any atom is 0.451 e. The molecule has 0 spiro atoms. The molecule has 0 aromatic carbocycles. The summed E-state index contributed by atoms with van der Waals surface area (Å²) >= 11 is 0. The summed E-state index contributed by atoms with van der Waals surface area (Å²) in [5.41, 5.74) is -1.25. The Labute approximate surface area is 198 Å². The molecule has 0 unspecified atom stereocenters. The fourth-order valence-electron chi connectivity index (χ4n) is 3.31. The molecule has 4 aromatic heterocycles. The Bertz CT molecular complexity index is 1630. The van der Waals surface area contributed by atoms with Gasteiger partial charge in [0, 0.05) is 25.0 Å². The zero-order chi connectivity index (χ0) is 26.2. The Morgan fingerprint density at radius 2 is 1.86 bits per heavy atom. The van der Waals surface area contributed by atoms with Crippen molar-refractivity contribution in [3.63, 3.8) is 0 Å². The normalized spacial score (nSPS) is 12.3. The topological polar surface area (TPSA) is 147 Å². The largest absolute Gasteiger partial charge is 0.451 e. The zero-order valence-electron chi connectivity index (χ0n) is 18.6. The highest BCUT2D eigenvalue weighted by molar-refractivity contribution is 5.93. The monoisotopic (exact) mass is 500 g/mol. The van der Waals surface area contributed by atoms with Crippen molar-refractivity contribution in [2.24, 2.45) is 7.05 Å². The average molecular weight is 500 g/mol. The fraction of sp³-hybridized carbons (Fsp3) is 0.250. The molecule has 0 aliphatic heterocycles. The lowest BCUT2D eigenvalue weighted by Gasteiger charge is -2.14. The highest BCUT2D eigenvalue weighted by atomic mass is 19.4. The highest BCUT2D eigenvalue weighted by Gasteiger charge is 2.34. The predicted octanol–water partition coefficient (Wildman–Crippen LogP) is 1.24. The number of hydrogen-bond acceptors (Lipinski definition) is 8. The molecule has 1 atom stereocenters. The predicted molar refractivity (Wildman–Crippen MR) is 117 cm³/mol. The van der Waals surface area contributed by atoms with E-state index in [2.05, 4.69) is 35.1 Å². The smallest absolute Gasteiger partial charge is 0.312 e. The third-order valence-corrected chi connectivity index (χ3v) is 5.15. The van der Waals surface area contributed by atoms with Crippen LogP contribution in [-0.2, 0) is 24.7 Å². The lowest BCUT2D eigenvalue weighted by molar-refractivity contribution is -0.145. The number of rotatable bonds is 5. The summed E-state index contributed by atoms with van der Waals surface area (Å²) < 4.78 is 41.2. The van der Waals surface area contributed by atoms with Gasteiger partial charge in [-0.2, -0.15) is 17.7 Å². The third kappa shape index (κ3) is 4.29. The minimum Gasteiger partial charge on any atom is -0.312 e. The number of alkyl halides is 3. The van der Waals surface area contributed by atoms with Crippen LogP contribution in [0.15, 0.2) is 40.7 Å². The third-order valence-electron chi connectivity index (χ3n) is 5.15. The van der Waals surface area contributed by atoms with Crippen molar-refractivity contribution in [3.05, 3.63) is 69.2 Å². The van der Waals surface area contributed by atoms with Crippen molar-refractivity contribution >= 4 is 22.9 Å². The number of carbonyl (C=O) groups is 1. The van der Waals surface area contributed by atoms with E-state index in [-0.39, 0.29) is 28.2 Å². The van der Waals surface area contributed by atoms with E-state index in [0.29, 0.717) is 0 Å². The van der Waals surface area contributed by atoms with Crippen LogP contribution in [0, 0.1) is 6.57 Å². The molecule has 4 heterocycles. The van der Waals surface area contributed by atoms with Crippen LogP contribution in [0.25, 0.3) is 27.3 Å². The Morgan fingerprint density at radius 3 is 2.50 bits per heavy atom. The minimum absolute atomic E-state index is 0.0218. The quantitative estimate of drug-likeness (QED) is 0.403. The Hall–Kier alpha value is -4.94. The number of anilines is 1. The van der Waals surface area contributed by atoms with E-state index in [4.69, 9.17) is 6.57 Å². The molecule has 0 aliphatic rings. The number of halogens is 3. The summed E-state index contributed by atoms with van der Waals surface area (Å²) in [5.74, 6) is -1.96. The molecular formula is C20H15F3N10O3. The van der Waals surface area contributed by atoms with E-state index in [0.717, 1.165) is 21.5 Å². The van der Waals surface area contributed by atoms with Crippen LogP contribution >= 0.6 is 0 Å². The van der Waals surface area contributed by atoms with Gasteiger partial charge >= 0.3 is 11.9 Å². The van der Waals surface area contributed by atoms with Gasteiger partial charge in [0.2, 0.25) is 11.7 Å². The van der Waals surface area contributed by atoms with Gasteiger partial charge in [0.05, 0.1) is 24.4 Å². The molecule has 0 saturated heterocycles. The van der Waals surface area contributed by atoms with Crippen LogP contribution in [-0.4, -0.2) is 44.5 Å². The summed E-state index contributed by atoms with van der Waals surface area (Å²) in [6.07, 6.45) is 0.874. The molecule has 184 valence electrons. The number of aromatic nitrogens is 8. The van der Waals surface area contributed by atoms with Crippen molar-refractivity contribution < 1.29 is 18.0 Å². The molecule has 36 heavy (non-hydrogen) atoms. The maximum absolute atomic E-state index is 12.9. The molecule has 0 aliphatic carbocycles. The van der Waals surface area contributed by atoms with Crippen molar-refractivity contribution in [2.75, 3.05) is 5.32 Å². The molecule has 1 amide bonds. The molecule has 0 radical (unpaired) electrons. The van der Waals surface area contributed by atoms with E-state index < -0.39 is 41.9 Å². The van der Waals surface area contributed by atoms with Crippen LogP contribution in [0.3, 0.4) is 0 Å². The first-order valence-corrected chi connectivity index (χ1v) is 10.0. The second-order valence-electron chi connectivity index (χ2n) is 7.45. The van der Waals surface area contributed by atoms with E-state index in [1.807, 2.05) is 0 Å². The first-order valence-electron chi connectivity index (χ1n) is 10.0. The summed E-state index contributed by atoms with van der Waals surface area (Å²) in [4.78, 5) is 59.9. The first-order chi connectivity index (χ1) is 17.0. The van der Waals surface area contributed by atoms with E-state index in [9.17, 15) is 27.6 Å².